The lowest BCUT2D eigenvalue weighted by atomic mass is 10.2. The molecule has 6 nitrogen and oxygen atoms in total. The summed E-state index contributed by atoms with van der Waals surface area (Å²) in [6.45, 7) is 0. The van der Waals surface area contributed by atoms with Crippen LogP contribution in [0.1, 0.15) is 15.9 Å². The maximum Gasteiger partial charge on any atom is 0.271 e. The van der Waals surface area contributed by atoms with Crippen molar-refractivity contribution < 1.29 is 9.21 Å². The molecule has 3 aromatic rings. The molecule has 0 saturated carbocycles. The number of nitrogens with one attached hydrogen (secondary N) is 1. The van der Waals surface area contributed by atoms with Crippen molar-refractivity contribution in [1.29, 1.82) is 0 Å². The Labute approximate surface area is 139 Å². The largest absolute Gasteiger partial charge is 0.463 e. The fraction of sp³-hybridized carbons (Fsp3) is 0. The molecule has 114 valence electrons. The summed E-state index contributed by atoms with van der Waals surface area (Å²) in [7, 11) is 0. The van der Waals surface area contributed by atoms with Crippen molar-refractivity contribution in [2.75, 3.05) is 0 Å². The predicted octanol–water partition coefficient (Wildman–Crippen LogP) is 2.71. The van der Waals surface area contributed by atoms with E-state index in [1.807, 2.05) is 0 Å². The number of pyridine rings is 1. The van der Waals surface area contributed by atoms with E-state index in [4.69, 9.17) is 4.42 Å². The first kappa shape index (κ1) is 15.1. The van der Waals surface area contributed by atoms with Crippen LogP contribution < -0.4 is 10.9 Å². The van der Waals surface area contributed by atoms with E-state index in [1.54, 1.807) is 30.3 Å². The third kappa shape index (κ3) is 3.35. The molecule has 7 heteroatoms. The number of fused-ring (bicyclic) bond motifs is 1. The van der Waals surface area contributed by atoms with Crippen molar-refractivity contribution in [3.63, 3.8) is 0 Å². The Bertz CT molecular complexity index is 952. The molecule has 2 heterocycles. The Morgan fingerprint density at radius 1 is 1.26 bits per heavy atom. The molecule has 0 unspecified atom stereocenters. The zero-order valence-corrected chi connectivity index (χ0v) is 13.3. The molecule has 0 aliphatic carbocycles. The first-order chi connectivity index (χ1) is 11.1. The summed E-state index contributed by atoms with van der Waals surface area (Å²) < 4.78 is 6.16. The Kier molecular flexibility index (Phi) is 4.29. The van der Waals surface area contributed by atoms with Crippen LogP contribution in [0.2, 0.25) is 0 Å². The van der Waals surface area contributed by atoms with Crippen LogP contribution in [0.5, 0.6) is 0 Å². The van der Waals surface area contributed by atoms with Crippen LogP contribution in [0, 0.1) is 0 Å². The smallest absolute Gasteiger partial charge is 0.271 e. The predicted molar refractivity (Wildman–Crippen MR) is 89.5 cm³/mol. The van der Waals surface area contributed by atoms with Crippen LogP contribution in [0.15, 0.2) is 67.8 Å². The Hall–Kier alpha value is -2.80. The van der Waals surface area contributed by atoms with Crippen molar-refractivity contribution in [2.24, 2.45) is 5.10 Å². The maximum absolute atomic E-state index is 12.3. The summed E-state index contributed by atoms with van der Waals surface area (Å²) in [4.78, 5) is 28.0. The van der Waals surface area contributed by atoms with Crippen molar-refractivity contribution in [3.05, 3.63) is 74.8 Å². The number of amides is 1. The highest BCUT2D eigenvalue weighted by molar-refractivity contribution is 9.10. The topological polar surface area (TPSA) is 84.6 Å². The third-order valence-electron chi connectivity index (χ3n) is 3.07. The highest BCUT2D eigenvalue weighted by Gasteiger charge is 2.06. The van der Waals surface area contributed by atoms with E-state index in [-0.39, 0.29) is 11.0 Å². The molecule has 0 atom stereocenters. The maximum atomic E-state index is 12.3. The highest BCUT2D eigenvalue weighted by atomic mass is 79.9. The van der Waals surface area contributed by atoms with Crippen molar-refractivity contribution in [3.8, 4) is 0 Å². The average Bonchev–Trinajstić information content (AvgIpc) is 2.58. The van der Waals surface area contributed by atoms with Gasteiger partial charge in [0.2, 0.25) is 5.43 Å². The Morgan fingerprint density at radius 3 is 2.83 bits per heavy atom. The lowest BCUT2D eigenvalue weighted by Crippen LogP contribution is -2.18. The van der Waals surface area contributed by atoms with Gasteiger partial charge in [-0.25, -0.2) is 5.43 Å². The Morgan fingerprint density at radius 2 is 2.04 bits per heavy atom. The monoisotopic (exact) mass is 371 g/mol. The standard InChI is InChI=1S/C16H10BrN3O3/c17-12-1-2-14-13(7-12)15(21)11(9-23-14)8-19-20-16(22)10-3-5-18-6-4-10/h1-9H,(H,20,22)/b19-8+. The molecule has 1 amide bonds. The fourth-order valence-electron chi connectivity index (χ4n) is 1.94. The number of carbonyl (C=O) groups is 1. The van der Waals surface area contributed by atoms with E-state index in [0.29, 0.717) is 16.5 Å². The van der Waals surface area contributed by atoms with E-state index in [1.165, 1.54) is 24.9 Å². The van der Waals surface area contributed by atoms with E-state index in [0.717, 1.165) is 4.47 Å². The molecule has 3 rings (SSSR count). The van der Waals surface area contributed by atoms with Gasteiger partial charge in [-0.15, -0.1) is 0 Å². The molecule has 2 aromatic heterocycles. The second-order valence-corrected chi connectivity index (χ2v) is 5.51. The zero-order chi connectivity index (χ0) is 16.2. The first-order valence-corrected chi connectivity index (χ1v) is 7.39. The van der Waals surface area contributed by atoms with Gasteiger partial charge in [-0.2, -0.15) is 5.10 Å². The molecule has 23 heavy (non-hydrogen) atoms. The third-order valence-corrected chi connectivity index (χ3v) is 3.57. The van der Waals surface area contributed by atoms with Gasteiger partial charge >= 0.3 is 0 Å². The van der Waals surface area contributed by atoms with Crippen LogP contribution in [-0.4, -0.2) is 17.1 Å². The summed E-state index contributed by atoms with van der Waals surface area (Å²) in [6.07, 6.45) is 5.58. The molecule has 0 fully saturated rings. The number of halogens is 1. The number of aromatic nitrogens is 1. The van der Waals surface area contributed by atoms with Gasteiger partial charge in [-0.3, -0.25) is 14.6 Å². The van der Waals surface area contributed by atoms with Crippen LogP contribution >= 0.6 is 15.9 Å². The molecular formula is C16H10BrN3O3. The SMILES string of the molecule is O=C(N/N=C/c1coc2ccc(Br)cc2c1=O)c1ccncc1. The van der Waals surface area contributed by atoms with Crippen LogP contribution in [0.3, 0.4) is 0 Å². The van der Waals surface area contributed by atoms with Gasteiger partial charge in [0.05, 0.1) is 17.2 Å². The van der Waals surface area contributed by atoms with Crippen molar-refractivity contribution in [1.82, 2.24) is 10.4 Å². The number of hydrogen-bond acceptors (Lipinski definition) is 5. The summed E-state index contributed by atoms with van der Waals surface area (Å²) in [6, 6.07) is 8.29. The minimum absolute atomic E-state index is 0.227. The molecule has 0 saturated heterocycles. The van der Waals surface area contributed by atoms with Gasteiger partial charge in [-0.1, -0.05) is 15.9 Å². The summed E-state index contributed by atoms with van der Waals surface area (Å²) in [5.41, 5.74) is 3.27. The van der Waals surface area contributed by atoms with Gasteiger partial charge in [0, 0.05) is 22.4 Å². The Balaban J connectivity index is 1.83. The van der Waals surface area contributed by atoms with Gasteiger partial charge < -0.3 is 4.42 Å². The highest BCUT2D eigenvalue weighted by Crippen LogP contribution is 2.17. The fourth-order valence-corrected chi connectivity index (χ4v) is 2.30. The number of hydrazone groups is 1. The molecule has 0 radical (unpaired) electrons. The van der Waals surface area contributed by atoms with Crippen LogP contribution in [0.25, 0.3) is 11.0 Å². The second kappa shape index (κ2) is 6.53. The minimum atomic E-state index is -0.392. The van der Waals surface area contributed by atoms with Crippen LogP contribution in [-0.2, 0) is 0 Å². The minimum Gasteiger partial charge on any atom is -0.463 e. The normalized spacial score (nSPS) is 11.0. The quantitative estimate of drug-likeness (QED) is 0.566. The summed E-state index contributed by atoms with van der Waals surface area (Å²) in [5.74, 6) is -0.392. The van der Waals surface area contributed by atoms with Gasteiger partial charge in [0.25, 0.3) is 5.91 Å². The average molecular weight is 372 g/mol. The second-order valence-electron chi connectivity index (χ2n) is 4.60. The van der Waals surface area contributed by atoms with E-state index in [9.17, 15) is 9.59 Å². The lowest BCUT2D eigenvalue weighted by molar-refractivity contribution is 0.0955. The molecular weight excluding hydrogens is 362 g/mol. The number of carbonyl (C=O) groups excluding carboxylic acids is 1. The van der Waals surface area contributed by atoms with Crippen molar-refractivity contribution >= 4 is 39.0 Å². The van der Waals surface area contributed by atoms with Gasteiger partial charge in [0.15, 0.2) is 0 Å². The first-order valence-electron chi connectivity index (χ1n) is 6.59. The van der Waals surface area contributed by atoms with E-state index in [2.05, 4.69) is 31.4 Å². The van der Waals surface area contributed by atoms with Gasteiger partial charge in [0.1, 0.15) is 11.8 Å². The van der Waals surface area contributed by atoms with Crippen LogP contribution in [0.4, 0.5) is 0 Å². The number of rotatable bonds is 3. The molecule has 1 N–H and O–H groups in total. The summed E-state index contributed by atoms with van der Waals surface area (Å²) >= 11 is 3.31. The molecule has 1 aromatic carbocycles. The molecule has 0 spiro atoms. The number of nitrogens with zero attached hydrogens (tertiary/aromatic N) is 2. The molecule has 0 bridgehead atoms. The van der Waals surface area contributed by atoms with Gasteiger partial charge in [-0.05, 0) is 30.3 Å². The van der Waals surface area contributed by atoms with E-state index < -0.39 is 5.91 Å². The lowest BCUT2D eigenvalue weighted by Gasteiger charge is -2.00. The number of benzene rings is 1. The molecule has 0 aliphatic rings. The number of hydrogen-bond donors (Lipinski definition) is 1. The zero-order valence-electron chi connectivity index (χ0n) is 11.7. The van der Waals surface area contributed by atoms with Crippen molar-refractivity contribution in [2.45, 2.75) is 0 Å². The molecule has 0 aliphatic heterocycles. The van der Waals surface area contributed by atoms with E-state index >= 15 is 0 Å². The summed E-state index contributed by atoms with van der Waals surface area (Å²) in [5, 5.41) is 4.23.